The van der Waals surface area contributed by atoms with Gasteiger partial charge in [0.05, 0.1) is 24.1 Å². The van der Waals surface area contributed by atoms with Crippen LogP contribution in [-0.2, 0) is 9.59 Å². The molecule has 7 heteroatoms. The predicted octanol–water partition coefficient (Wildman–Crippen LogP) is 5.93. The molecule has 0 spiro atoms. The SMILES string of the molecule is COc1ccc(Cl)cc1NC1=C(c2cccs2)C(=O)N(c2ccc(C(C)C)cc2)C1=O. The third-order valence-corrected chi connectivity index (χ3v) is 6.21. The van der Waals surface area contributed by atoms with Gasteiger partial charge < -0.3 is 10.1 Å². The zero-order chi connectivity index (χ0) is 22.1. The Kier molecular flexibility index (Phi) is 5.85. The Bertz CT molecular complexity index is 1170. The molecule has 1 N–H and O–H groups in total. The van der Waals surface area contributed by atoms with Crippen LogP contribution in [0.5, 0.6) is 5.75 Å². The second kappa shape index (κ2) is 8.57. The number of rotatable bonds is 6. The fourth-order valence-corrected chi connectivity index (χ4v) is 4.39. The Morgan fingerprint density at radius 3 is 2.39 bits per heavy atom. The molecule has 3 aromatic rings. The predicted molar refractivity (Wildman–Crippen MR) is 126 cm³/mol. The molecule has 0 saturated carbocycles. The number of anilines is 2. The number of nitrogens with zero attached hydrogens (tertiary/aromatic N) is 1. The van der Waals surface area contributed by atoms with E-state index in [2.05, 4.69) is 19.2 Å². The normalized spacial score (nSPS) is 14.0. The summed E-state index contributed by atoms with van der Waals surface area (Å²) in [5.41, 5.74) is 2.70. The lowest BCUT2D eigenvalue weighted by molar-refractivity contribution is -0.120. The molecule has 0 bridgehead atoms. The van der Waals surface area contributed by atoms with Crippen molar-refractivity contribution in [2.45, 2.75) is 19.8 Å². The number of amides is 2. The molecule has 0 saturated heterocycles. The van der Waals surface area contributed by atoms with E-state index in [0.29, 0.717) is 38.5 Å². The summed E-state index contributed by atoms with van der Waals surface area (Å²) in [6, 6.07) is 16.2. The first kappa shape index (κ1) is 21.2. The molecule has 1 aliphatic heterocycles. The van der Waals surface area contributed by atoms with Gasteiger partial charge in [0.2, 0.25) is 0 Å². The topological polar surface area (TPSA) is 58.6 Å². The Labute approximate surface area is 189 Å². The molecule has 1 aromatic heterocycles. The standard InChI is InChI=1S/C24H21ClN2O3S/c1-14(2)15-6-9-17(10-7-15)27-23(28)21(20-5-4-12-31-20)22(24(27)29)26-18-13-16(25)8-11-19(18)30-3/h4-14,26H,1-3H3. The minimum atomic E-state index is -0.423. The van der Waals surface area contributed by atoms with Crippen molar-refractivity contribution in [2.75, 3.05) is 17.3 Å². The van der Waals surface area contributed by atoms with Crippen LogP contribution in [0.1, 0.15) is 30.2 Å². The van der Waals surface area contributed by atoms with E-state index in [9.17, 15) is 9.59 Å². The number of carbonyl (C=O) groups excluding carboxylic acids is 2. The molecule has 0 unspecified atom stereocenters. The number of imide groups is 1. The third kappa shape index (κ3) is 3.96. The van der Waals surface area contributed by atoms with Crippen molar-refractivity contribution in [3.63, 3.8) is 0 Å². The van der Waals surface area contributed by atoms with Gasteiger partial charge in [0.1, 0.15) is 11.4 Å². The van der Waals surface area contributed by atoms with Gasteiger partial charge in [-0.1, -0.05) is 43.6 Å². The van der Waals surface area contributed by atoms with Crippen molar-refractivity contribution < 1.29 is 14.3 Å². The van der Waals surface area contributed by atoms with Crippen LogP contribution in [0.15, 0.2) is 65.7 Å². The van der Waals surface area contributed by atoms with Crippen LogP contribution >= 0.6 is 22.9 Å². The number of ether oxygens (including phenoxy) is 1. The summed E-state index contributed by atoms with van der Waals surface area (Å²) in [6.45, 7) is 4.19. The van der Waals surface area contributed by atoms with E-state index >= 15 is 0 Å². The monoisotopic (exact) mass is 452 g/mol. The van der Waals surface area contributed by atoms with Gasteiger partial charge in [0, 0.05) is 9.90 Å². The molecule has 2 amide bonds. The number of carbonyl (C=O) groups is 2. The molecule has 1 aliphatic rings. The quantitative estimate of drug-likeness (QED) is 0.471. The van der Waals surface area contributed by atoms with E-state index in [1.807, 2.05) is 29.6 Å². The van der Waals surface area contributed by atoms with Crippen LogP contribution in [0, 0.1) is 0 Å². The van der Waals surface area contributed by atoms with Crippen LogP contribution in [0.4, 0.5) is 11.4 Å². The number of hydrogen-bond acceptors (Lipinski definition) is 5. The molecule has 0 fully saturated rings. The van der Waals surface area contributed by atoms with Crippen molar-refractivity contribution in [3.05, 3.63) is 81.1 Å². The highest BCUT2D eigenvalue weighted by Gasteiger charge is 2.41. The maximum absolute atomic E-state index is 13.4. The second-order valence-electron chi connectivity index (χ2n) is 7.39. The Morgan fingerprint density at radius 2 is 1.77 bits per heavy atom. The molecule has 31 heavy (non-hydrogen) atoms. The zero-order valence-corrected chi connectivity index (χ0v) is 18.9. The highest BCUT2D eigenvalue weighted by Crippen LogP contribution is 2.38. The molecular formula is C24H21ClN2O3S. The van der Waals surface area contributed by atoms with E-state index in [1.165, 1.54) is 23.3 Å². The summed E-state index contributed by atoms with van der Waals surface area (Å²) in [4.78, 5) is 28.8. The van der Waals surface area contributed by atoms with Gasteiger partial charge in [-0.3, -0.25) is 9.59 Å². The van der Waals surface area contributed by atoms with Crippen molar-refractivity contribution >= 4 is 51.7 Å². The first-order chi connectivity index (χ1) is 14.9. The van der Waals surface area contributed by atoms with Crippen molar-refractivity contribution in [2.24, 2.45) is 0 Å². The average molecular weight is 453 g/mol. The van der Waals surface area contributed by atoms with E-state index < -0.39 is 5.91 Å². The van der Waals surface area contributed by atoms with Crippen molar-refractivity contribution in [1.82, 2.24) is 0 Å². The number of halogens is 1. The fourth-order valence-electron chi connectivity index (χ4n) is 3.45. The molecule has 0 aliphatic carbocycles. The third-order valence-electron chi connectivity index (χ3n) is 5.09. The first-order valence-corrected chi connectivity index (χ1v) is 11.0. The molecule has 2 heterocycles. The van der Waals surface area contributed by atoms with Gasteiger partial charge in [-0.25, -0.2) is 4.90 Å². The van der Waals surface area contributed by atoms with Gasteiger partial charge in [-0.15, -0.1) is 11.3 Å². The lowest BCUT2D eigenvalue weighted by Gasteiger charge is -2.17. The van der Waals surface area contributed by atoms with Crippen LogP contribution < -0.4 is 15.0 Å². The number of benzene rings is 2. The molecule has 0 atom stereocenters. The Balaban J connectivity index is 1.78. The van der Waals surface area contributed by atoms with Crippen molar-refractivity contribution in [3.8, 4) is 5.75 Å². The highest BCUT2D eigenvalue weighted by atomic mass is 35.5. The van der Waals surface area contributed by atoms with E-state index in [4.69, 9.17) is 16.3 Å². The second-order valence-corrected chi connectivity index (χ2v) is 8.77. The summed E-state index contributed by atoms with van der Waals surface area (Å²) in [5.74, 6) is 0.0785. The summed E-state index contributed by atoms with van der Waals surface area (Å²) in [7, 11) is 1.53. The maximum atomic E-state index is 13.4. The van der Waals surface area contributed by atoms with Crippen LogP contribution in [0.3, 0.4) is 0 Å². The van der Waals surface area contributed by atoms with Crippen molar-refractivity contribution in [1.29, 1.82) is 0 Å². The lowest BCUT2D eigenvalue weighted by atomic mass is 10.0. The summed E-state index contributed by atoms with van der Waals surface area (Å²) in [6.07, 6.45) is 0. The largest absolute Gasteiger partial charge is 0.495 e. The number of thiophene rings is 1. The Morgan fingerprint density at radius 1 is 1.03 bits per heavy atom. The molecule has 5 nitrogen and oxygen atoms in total. The number of hydrogen-bond donors (Lipinski definition) is 1. The minimum absolute atomic E-state index is 0.195. The van der Waals surface area contributed by atoms with E-state index in [0.717, 1.165) is 5.56 Å². The molecular weight excluding hydrogens is 432 g/mol. The van der Waals surface area contributed by atoms with Gasteiger partial charge in [0.15, 0.2) is 0 Å². The first-order valence-electron chi connectivity index (χ1n) is 9.78. The molecule has 4 rings (SSSR count). The summed E-state index contributed by atoms with van der Waals surface area (Å²) in [5, 5.41) is 5.47. The van der Waals surface area contributed by atoms with Crippen LogP contribution in [-0.4, -0.2) is 18.9 Å². The average Bonchev–Trinajstić information content (AvgIpc) is 3.35. The molecule has 158 valence electrons. The van der Waals surface area contributed by atoms with Gasteiger partial charge >= 0.3 is 0 Å². The summed E-state index contributed by atoms with van der Waals surface area (Å²) < 4.78 is 5.39. The van der Waals surface area contributed by atoms with E-state index in [-0.39, 0.29) is 11.6 Å². The Hall–Kier alpha value is -3.09. The fraction of sp³-hybridized carbons (Fsp3) is 0.167. The smallest absolute Gasteiger partial charge is 0.282 e. The maximum Gasteiger partial charge on any atom is 0.282 e. The molecule has 0 radical (unpaired) electrons. The molecule has 2 aromatic carbocycles. The van der Waals surface area contributed by atoms with Gasteiger partial charge in [-0.2, -0.15) is 0 Å². The lowest BCUT2D eigenvalue weighted by Crippen LogP contribution is -2.32. The zero-order valence-electron chi connectivity index (χ0n) is 17.3. The highest BCUT2D eigenvalue weighted by molar-refractivity contribution is 7.11. The van der Waals surface area contributed by atoms with Gasteiger partial charge in [0.25, 0.3) is 11.8 Å². The van der Waals surface area contributed by atoms with E-state index in [1.54, 1.807) is 30.3 Å². The van der Waals surface area contributed by atoms with Crippen LogP contribution in [0.25, 0.3) is 5.57 Å². The van der Waals surface area contributed by atoms with Gasteiger partial charge in [-0.05, 0) is 53.3 Å². The summed E-state index contributed by atoms with van der Waals surface area (Å²) >= 11 is 7.56. The minimum Gasteiger partial charge on any atom is -0.495 e. The number of methoxy groups -OCH3 is 1. The van der Waals surface area contributed by atoms with Crippen LogP contribution in [0.2, 0.25) is 5.02 Å². The number of nitrogens with one attached hydrogen (secondary N) is 1.